The number of hydrogen-bond acceptors (Lipinski definition) is 6. The summed E-state index contributed by atoms with van der Waals surface area (Å²) in [5.74, 6) is 2.24. The molecule has 9 nitrogen and oxygen atoms in total. The molecule has 1 aliphatic rings. The Kier molecular flexibility index (Phi) is 12.1. The molecule has 1 aliphatic heterocycles. The molecule has 0 amide bonds. The average molecular weight is 545 g/mol. The molecule has 2 N–H and O–H groups in total. The summed E-state index contributed by atoms with van der Waals surface area (Å²) >= 11 is 0. The first-order valence-electron chi connectivity index (χ1n) is 10.3. The smallest absolute Gasteiger partial charge is 0.195 e. The van der Waals surface area contributed by atoms with Crippen LogP contribution in [0, 0.1) is 0 Å². The van der Waals surface area contributed by atoms with Crippen LogP contribution < -0.4 is 20.1 Å². The van der Waals surface area contributed by atoms with E-state index >= 15 is 0 Å². The van der Waals surface area contributed by atoms with Gasteiger partial charge in [-0.25, -0.2) is 4.98 Å². The summed E-state index contributed by atoms with van der Waals surface area (Å²) in [6, 6.07) is 5.84. The summed E-state index contributed by atoms with van der Waals surface area (Å²) in [5.41, 5.74) is 0.893. The van der Waals surface area contributed by atoms with E-state index < -0.39 is 0 Å². The van der Waals surface area contributed by atoms with Crippen LogP contribution in [0.25, 0.3) is 0 Å². The number of guanidine groups is 1. The summed E-state index contributed by atoms with van der Waals surface area (Å²) in [6.45, 7) is 5.36. The third kappa shape index (κ3) is 9.32. The zero-order valence-electron chi connectivity index (χ0n) is 17.9. The van der Waals surface area contributed by atoms with Gasteiger partial charge in [-0.2, -0.15) is 0 Å². The number of ether oxygens (including phenoxy) is 4. The number of halogens is 1. The summed E-state index contributed by atoms with van der Waals surface area (Å²) in [4.78, 5) is 8.74. The SMILES string of the molecule is COCCOCCCN=C(NCCn1ccnc1)Nc1ccc2c(c1)OCCCO2.I. The molecule has 3 rings (SSSR count). The van der Waals surface area contributed by atoms with Crippen LogP contribution >= 0.6 is 24.0 Å². The highest BCUT2D eigenvalue weighted by Crippen LogP contribution is 2.32. The van der Waals surface area contributed by atoms with Crippen molar-refractivity contribution in [2.75, 3.05) is 58.6 Å². The Morgan fingerprint density at radius 1 is 1.19 bits per heavy atom. The van der Waals surface area contributed by atoms with E-state index in [0.717, 1.165) is 43.1 Å². The van der Waals surface area contributed by atoms with Crippen LogP contribution in [0.2, 0.25) is 0 Å². The molecule has 31 heavy (non-hydrogen) atoms. The molecule has 0 unspecified atom stereocenters. The van der Waals surface area contributed by atoms with Gasteiger partial charge in [-0.1, -0.05) is 0 Å². The van der Waals surface area contributed by atoms with Crippen LogP contribution in [0.3, 0.4) is 0 Å². The monoisotopic (exact) mass is 545 g/mol. The molecule has 0 spiro atoms. The predicted molar refractivity (Wildman–Crippen MR) is 131 cm³/mol. The number of fused-ring (bicyclic) bond motifs is 1. The number of hydrogen-bond donors (Lipinski definition) is 2. The van der Waals surface area contributed by atoms with Crippen molar-refractivity contribution >= 4 is 35.6 Å². The van der Waals surface area contributed by atoms with E-state index in [4.69, 9.17) is 18.9 Å². The lowest BCUT2D eigenvalue weighted by atomic mass is 10.2. The van der Waals surface area contributed by atoms with Crippen molar-refractivity contribution in [3.8, 4) is 11.5 Å². The molecular formula is C21H32IN5O4. The standard InChI is InChI=1S/C21H31N5O4.HI/c1-27-14-15-28-11-2-6-23-21(24-8-10-26-9-7-22-17-26)25-18-4-5-19-20(16-18)30-13-3-12-29-19;/h4-5,7,9,16-17H,2-3,6,8,10-15H2,1H3,(H2,23,24,25);1H. The Bertz CT molecular complexity index is 773. The fraction of sp³-hybridized carbons (Fsp3) is 0.524. The third-order valence-corrected chi connectivity index (χ3v) is 4.38. The zero-order valence-corrected chi connectivity index (χ0v) is 20.2. The van der Waals surface area contributed by atoms with Gasteiger partial charge in [-0.05, 0) is 18.6 Å². The van der Waals surface area contributed by atoms with E-state index in [1.165, 1.54) is 0 Å². The Hall–Kier alpha value is -2.05. The number of nitrogens with one attached hydrogen (secondary N) is 2. The Morgan fingerprint density at radius 3 is 2.87 bits per heavy atom. The van der Waals surface area contributed by atoms with Gasteiger partial charge >= 0.3 is 0 Å². The van der Waals surface area contributed by atoms with Gasteiger partial charge in [0, 0.05) is 63.9 Å². The van der Waals surface area contributed by atoms with E-state index in [9.17, 15) is 0 Å². The average Bonchev–Trinajstić information content (AvgIpc) is 3.16. The summed E-state index contributed by atoms with van der Waals surface area (Å²) < 4.78 is 24.0. The van der Waals surface area contributed by atoms with E-state index in [1.54, 1.807) is 19.6 Å². The van der Waals surface area contributed by atoms with Gasteiger partial charge in [0.15, 0.2) is 17.5 Å². The minimum atomic E-state index is 0. The highest BCUT2D eigenvalue weighted by Gasteiger charge is 2.11. The first kappa shape index (κ1) is 25.2. The van der Waals surface area contributed by atoms with Gasteiger partial charge in [0.05, 0.1) is 32.8 Å². The first-order chi connectivity index (χ1) is 14.8. The van der Waals surface area contributed by atoms with Crippen LogP contribution in [0.1, 0.15) is 12.8 Å². The highest BCUT2D eigenvalue weighted by atomic mass is 127. The van der Waals surface area contributed by atoms with E-state index in [2.05, 4.69) is 20.6 Å². The van der Waals surface area contributed by atoms with Crippen molar-refractivity contribution in [2.24, 2.45) is 4.99 Å². The molecule has 0 saturated heterocycles. The van der Waals surface area contributed by atoms with Crippen LogP contribution in [-0.4, -0.2) is 68.7 Å². The molecule has 2 aromatic rings. The number of aliphatic imine (C=N–C) groups is 1. The van der Waals surface area contributed by atoms with Crippen LogP contribution in [0.4, 0.5) is 5.69 Å². The second-order valence-corrected chi connectivity index (χ2v) is 6.75. The first-order valence-corrected chi connectivity index (χ1v) is 10.3. The molecule has 10 heteroatoms. The van der Waals surface area contributed by atoms with Crippen molar-refractivity contribution < 1.29 is 18.9 Å². The number of benzene rings is 1. The largest absolute Gasteiger partial charge is 0.490 e. The summed E-state index contributed by atoms with van der Waals surface area (Å²) in [5, 5.41) is 6.73. The molecule has 2 heterocycles. The van der Waals surface area contributed by atoms with Crippen molar-refractivity contribution in [2.45, 2.75) is 19.4 Å². The third-order valence-electron chi connectivity index (χ3n) is 4.38. The lowest BCUT2D eigenvalue weighted by Gasteiger charge is -2.15. The maximum absolute atomic E-state index is 5.78. The maximum atomic E-state index is 5.78. The molecule has 172 valence electrons. The van der Waals surface area contributed by atoms with Crippen molar-refractivity contribution in [1.29, 1.82) is 0 Å². The second-order valence-electron chi connectivity index (χ2n) is 6.75. The van der Waals surface area contributed by atoms with Gasteiger partial charge in [0.1, 0.15) is 0 Å². The number of imidazole rings is 1. The Balaban J connectivity index is 0.00000341. The quantitative estimate of drug-likeness (QED) is 0.194. The number of methoxy groups -OCH3 is 1. The lowest BCUT2D eigenvalue weighted by molar-refractivity contribution is 0.0702. The molecular weight excluding hydrogens is 513 g/mol. The molecule has 0 fully saturated rings. The number of nitrogens with zero attached hydrogens (tertiary/aromatic N) is 3. The van der Waals surface area contributed by atoms with E-state index in [1.807, 2.05) is 29.0 Å². The van der Waals surface area contributed by atoms with Crippen molar-refractivity contribution in [3.63, 3.8) is 0 Å². The summed E-state index contributed by atoms with van der Waals surface area (Å²) in [6.07, 6.45) is 7.22. The molecule has 0 atom stereocenters. The van der Waals surface area contributed by atoms with Crippen LogP contribution in [0.5, 0.6) is 11.5 Å². The topological polar surface area (TPSA) is 91.2 Å². The normalized spacial score (nSPS) is 13.3. The number of anilines is 1. The van der Waals surface area contributed by atoms with Crippen molar-refractivity contribution in [3.05, 3.63) is 36.9 Å². The highest BCUT2D eigenvalue weighted by molar-refractivity contribution is 14.0. The molecule has 1 aromatic carbocycles. The molecule has 0 radical (unpaired) electrons. The zero-order chi connectivity index (χ0) is 20.9. The second kappa shape index (κ2) is 14.9. The fourth-order valence-corrected chi connectivity index (χ4v) is 2.84. The minimum absolute atomic E-state index is 0. The summed E-state index contributed by atoms with van der Waals surface area (Å²) in [7, 11) is 1.67. The molecule has 0 aliphatic carbocycles. The van der Waals surface area contributed by atoms with E-state index in [-0.39, 0.29) is 24.0 Å². The fourth-order valence-electron chi connectivity index (χ4n) is 2.84. The van der Waals surface area contributed by atoms with Gasteiger partial charge in [0.25, 0.3) is 0 Å². The van der Waals surface area contributed by atoms with Gasteiger partial charge in [-0.3, -0.25) is 4.99 Å². The maximum Gasteiger partial charge on any atom is 0.195 e. The lowest BCUT2D eigenvalue weighted by Crippen LogP contribution is -2.33. The van der Waals surface area contributed by atoms with Gasteiger partial charge < -0.3 is 34.1 Å². The van der Waals surface area contributed by atoms with Gasteiger partial charge in [0.2, 0.25) is 0 Å². The van der Waals surface area contributed by atoms with Crippen LogP contribution in [-0.2, 0) is 16.0 Å². The van der Waals surface area contributed by atoms with Crippen LogP contribution in [0.15, 0.2) is 41.9 Å². The minimum Gasteiger partial charge on any atom is -0.490 e. The van der Waals surface area contributed by atoms with Gasteiger partial charge in [-0.15, -0.1) is 24.0 Å². The molecule has 0 bridgehead atoms. The number of aromatic nitrogens is 2. The van der Waals surface area contributed by atoms with Crippen molar-refractivity contribution in [1.82, 2.24) is 14.9 Å². The Morgan fingerprint density at radius 2 is 2.06 bits per heavy atom. The number of rotatable bonds is 11. The van der Waals surface area contributed by atoms with E-state index in [0.29, 0.717) is 45.5 Å². The molecule has 0 saturated carbocycles. The molecule has 1 aromatic heterocycles. The predicted octanol–water partition coefficient (Wildman–Crippen LogP) is 2.77. The Labute approximate surface area is 200 Å².